The van der Waals surface area contributed by atoms with E-state index in [2.05, 4.69) is 48.1 Å². The van der Waals surface area contributed by atoms with Crippen LogP contribution >= 0.6 is 12.2 Å². The van der Waals surface area contributed by atoms with Crippen molar-refractivity contribution in [1.82, 2.24) is 9.97 Å². The average molecular weight is 272 g/mol. The van der Waals surface area contributed by atoms with Crippen molar-refractivity contribution in [1.29, 1.82) is 0 Å². The van der Waals surface area contributed by atoms with Gasteiger partial charge in [-0.1, -0.05) is 56.4 Å². The molecule has 0 amide bonds. The molecule has 0 unspecified atom stereocenters. The largest absolute Gasteiger partial charge is 0.347 e. The highest BCUT2D eigenvalue weighted by Crippen LogP contribution is 2.08. The highest BCUT2D eigenvalue weighted by atomic mass is 32.1. The van der Waals surface area contributed by atoms with E-state index in [4.69, 9.17) is 12.2 Å². The second-order valence-electron chi connectivity index (χ2n) is 5.27. The topological polar surface area (TPSA) is 28.7 Å². The van der Waals surface area contributed by atoms with Crippen LogP contribution in [0, 0.1) is 10.6 Å². The van der Waals surface area contributed by atoms with Gasteiger partial charge in [0.15, 0.2) is 0 Å². The van der Waals surface area contributed by atoms with Crippen LogP contribution in [0.4, 0.5) is 0 Å². The predicted molar refractivity (Wildman–Crippen MR) is 81.8 cm³/mol. The first-order chi connectivity index (χ1) is 9.13. The first kappa shape index (κ1) is 13.9. The molecule has 19 heavy (non-hydrogen) atoms. The zero-order valence-electron chi connectivity index (χ0n) is 11.5. The highest BCUT2D eigenvalue weighted by molar-refractivity contribution is 7.71. The zero-order valence-corrected chi connectivity index (χ0v) is 12.3. The Hall–Kier alpha value is -1.48. The van der Waals surface area contributed by atoms with Gasteiger partial charge in [0, 0.05) is 12.1 Å². The number of hydrogen-bond donors (Lipinski definition) is 1. The number of aromatic nitrogens is 2. The first-order valence-corrected chi connectivity index (χ1v) is 7.17. The Balaban J connectivity index is 2.08. The minimum Gasteiger partial charge on any atom is -0.347 e. The molecule has 0 saturated heterocycles. The molecule has 0 fully saturated rings. The first-order valence-electron chi connectivity index (χ1n) is 6.76. The molecule has 0 aliphatic rings. The Labute approximate surface area is 119 Å². The number of hydrogen-bond acceptors (Lipinski definition) is 2. The fourth-order valence-electron chi connectivity index (χ4n) is 2.14. The lowest BCUT2D eigenvalue weighted by Gasteiger charge is -2.08. The van der Waals surface area contributed by atoms with E-state index >= 15 is 0 Å². The van der Waals surface area contributed by atoms with E-state index in [1.807, 2.05) is 12.1 Å². The molecule has 0 saturated carbocycles. The number of benzene rings is 1. The van der Waals surface area contributed by atoms with Crippen molar-refractivity contribution in [3.63, 3.8) is 0 Å². The molecule has 2 rings (SSSR count). The van der Waals surface area contributed by atoms with Crippen LogP contribution in [0.5, 0.6) is 0 Å². The Kier molecular flexibility index (Phi) is 4.86. The van der Waals surface area contributed by atoms with Crippen LogP contribution in [-0.4, -0.2) is 9.97 Å². The second kappa shape index (κ2) is 6.62. The van der Waals surface area contributed by atoms with Gasteiger partial charge in [-0.3, -0.25) is 0 Å². The van der Waals surface area contributed by atoms with Gasteiger partial charge in [-0.2, -0.15) is 0 Å². The maximum atomic E-state index is 5.24. The number of aryl methyl sites for hydroxylation is 2. The molecule has 1 heterocycles. The second-order valence-corrected chi connectivity index (χ2v) is 5.69. The molecule has 1 aromatic heterocycles. The van der Waals surface area contributed by atoms with Gasteiger partial charge in [0.2, 0.25) is 0 Å². The lowest BCUT2D eigenvalue weighted by molar-refractivity contribution is 0.629. The van der Waals surface area contributed by atoms with Gasteiger partial charge in [0.1, 0.15) is 10.5 Å². The molecule has 3 heteroatoms. The Morgan fingerprint density at radius 3 is 2.58 bits per heavy atom. The van der Waals surface area contributed by atoms with Gasteiger partial charge in [0.25, 0.3) is 0 Å². The van der Waals surface area contributed by atoms with Gasteiger partial charge in [0.05, 0.1) is 0 Å². The third-order valence-electron chi connectivity index (χ3n) is 2.97. The third kappa shape index (κ3) is 4.60. The molecule has 2 nitrogen and oxygen atoms in total. The molecule has 1 aromatic carbocycles. The summed E-state index contributed by atoms with van der Waals surface area (Å²) in [5.74, 6) is 1.61. The third-order valence-corrected chi connectivity index (χ3v) is 3.18. The zero-order chi connectivity index (χ0) is 13.7. The van der Waals surface area contributed by atoms with Crippen molar-refractivity contribution in [2.24, 2.45) is 5.92 Å². The van der Waals surface area contributed by atoms with E-state index in [9.17, 15) is 0 Å². The number of aromatic amines is 1. The summed E-state index contributed by atoms with van der Waals surface area (Å²) in [5.41, 5.74) is 2.52. The summed E-state index contributed by atoms with van der Waals surface area (Å²) in [7, 11) is 0. The Bertz CT molecular complexity index is 573. The predicted octanol–water partition coefficient (Wildman–Crippen LogP) is 4.12. The van der Waals surface area contributed by atoms with Crippen LogP contribution in [0.2, 0.25) is 0 Å². The van der Waals surface area contributed by atoms with Crippen molar-refractivity contribution in [2.75, 3.05) is 0 Å². The van der Waals surface area contributed by atoms with E-state index in [1.165, 1.54) is 11.3 Å². The molecule has 0 aliphatic carbocycles. The van der Waals surface area contributed by atoms with Gasteiger partial charge in [-0.25, -0.2) is 4.98 Å². The number of nitrogens with one attached hydrogen (secondary N) is 1. The summed E-state index contributed by atoms with van der Waals surface area (Å²) in [6.07, 6.45) is 2.91. The fraction of sp³-hybridized carbons (Fsp3) is 0.375. The summed E-state index contributed by atoms with van der Waals surface area (Å²) < 4.78 is 0.692. The normalized spacial score (nSPS) is 10.9. The molecule has 0 atom stereocenters. The molecule has 1 N–H and O–H groups in total. The molecule has 0 bridgehead atoms. The molecule has 0 spiro atoms. The standard InChI is InChI=1S/C16H20N2S/c1-12(2)10-14-11-16(19)18-15(17-14)9-8-13-6-4-3-5-7-13/h3-7,11-12H,8-10H2,1-2H3,(H,17,18,19). The Morgan fingerprint density at radius 1 is 1.16 bits per heavy atom. The summed E-state index contributed by atoms with van der Waals surface area (Å²) in [6.45, 7) is 4.42. The minimum atomic E-state index is 0.620. The monoisotopic (exact) mass is 272 g/mol. The summed E-state index contributed by atoms with van der Waals surface area (Å²) in [5, 5.41) is 0. The van der Waals surface area contributed by atoms with Gasteiger partial charge in [-0.05, 0) is 30.4 Å². The summed E-state index contributed by atoms with van der Waals surface area (Å²) in [4.78, 5) is 7.82. The van der Waals surface area contributed by atoms with E-state index in [-0.39, 0.29) is 0 Å². The van der Waals surface area contributed by atoms with Crippen LogP contribution in [-0.2, 0) is 19.3 Å². The lowest BCUT2D eigenvalue weighted by atomic mass is 10.1. The fourth-order valence-corrected chi connectivity index (χ4v) is 2.39. The van der Waals surface area contributed by atoms with Crippen molar-refractivity contribution < 1.29 is 0 Å². The summed E-state index contributed by atoms with van der Waals surface area (Å²) >= 11 is 5.24. The van der Waals surface area contributed by atoms with Crippen LogP contribution in [0.15, 0.2) is 36.4 Å². The van der Waals surface area contributed by atoms with Crippen molar-refractivity contribution in [3.8, 4) is 0 Å². The minimum absolute atomic E-state index is 0.620. The maximum absolute atomic E-state index is 5.24. The van der Waals surface area contributed by atoms with Crippen molar-refractivity contribution in [3.05, 3.63) is 58.1 Å². The number of H-pyrrole nitrogens is 1. The quantitative estimate of drug-likeness (QED) is 0.829. The summed E-state index contributed by atoms with van der Waals surface area (Å²) in [6, 6.07) is 12.4. The molecule has 0 radical (unpaired) electrons. The van der Waals surface area contributed by atoms with Crippen LogP contribution < -0.4 is 0 Å². The highest BCUT2D eigenvalue weighted by Gasteiger charge is 2.02. The van der Waals surface area contributed by atoms with E-state index in [1.54, 1.807) is 0 Å². The Morgan fingerprint density at radius 2 is 1.89 bits per heavy atom. The van der Waals surface area contributed by atoms with Crippen molar-refractivity contribution >= 4 is 12.2 Å². The average Bonchev–Trinajstić information content (AvgIpc) is 2.36. The van der Waals surface area contributed by atoms with Gasteiger partial charge in [-0.15, -0.1) is 0 Å². The smallest absolute Gasteiger partial charge is 0.129 e. The lowest BCUT2D eigenvalue weighted by Crippen LogP contribution is -2.04. The van der Waals surface area contributed by atoms with Crippen LogP contribution in [0.1, 0.15) is 30.9 Å². The van der Waals surface area contributed by atoms with Crippen LogP contribution in [0.3, 0.4) is 0 Å². The van der Waals surface area contributed by atoms with E-state index in [0.717, 1.165) is 25.1 Å². The van der Waals surface area contributed by atoms with E-state index in [0.29, 0.717) is 10.6 Å². The molecule has 100 valence electrons. The molecular formula is C16H20N2S. The van der Waals surface area contributed by atoms with E-state index < -0.39 is 0 Å². The van der Waals surface area contributed by atoms with Crippen molar-refractivity contribution in [2.45, 2.75) is 33.1 Å². The molecular weight excluding hydrogens is 252 g/mol. The number of rotatable bonds is 5. The maximum Gasteiger partial charge on any atom is 0.129 e. The van der Waals surface area contributed by atoms with Gasteiger partial charge < -0.3 is 4.98 Å². The SMILES string of the molecule is CC(C)Cc1cc(=S)nc(CCc2ccccc2)[nH]1. The van der Waals surface area contributed by atoms with Gasteiger partial charge >= 0.3 is 0 Å². The van der Waals surface area contributed by atoms with Crippen LogP contribution in [0.25, 0.3) is 0 Å². The number of nitrogens with zero attached hydrogens (tertiary/aromatic N) is 1. The molecule has 0 aliphatic heterocycles. The molecule has 2 aromatic rings.